The highest BCUT2D eigenvalue weighted by atomic mass is 127. The van der Waals surface area contributed by atoms with Gasteiger partial charge in [-0.05, 0) is 103 Å². The third-order valence-corrected chi connectivity index (χ3v) is 9.90. The van der Waals surface area contributed by atoms with Crippen molar-refractivity contribution in [3.05, 3.63) is 97.6 Å². The van der Waals surface area contributed by atoms with Gasteiger partial charge >= 0.3 is 0 Å². The van der Waals surface area contributed by atoms with Crippen LogP contribution in [0.25, 0.3) is 0 Å². The summed E-state index contributed by atoms with van der Waals surface area (Å²) in [5.74, 6) is -0.807. The summed E-state index contributed by atoms with van der Waals surface area (Å²) in [5, 5.41) is 6.86. The Morgan fingerprint density at radius 1 is 0.956 bits per heavy atom. The molecule has 3 amide bonds. The van der Waals surface area contributed by atoms with Crippen LogP contribution in [0.15, 0.2) is 67.0 Å². The van der Waals surface area contributed by atoms with Gasteiger partial charge in [-0.25, -0.2) is 9.88 Å². The number of hydrogen-bond donors (Lipinski definition) is 3. The van der Waals surface area contributed by atoms with Gasteiger partial charge in [0.15, 0.2) is 0 Å². The second kappa shape index (κ2) is 10.7. The number of nitrogens with one attached hydrogen (secondary N) is 2. The molecule has 3 aliphatic rings. The zero-order chi connectivity index (χ0) is 31.7. The number of aromatic nitrogens is 3. The summed E-state index contributed by atoms with van der Waals surface area (Å²) < 4.78 is 2.65. The summed E-state index contributed by atoms with van der Waals surface area (Å²) in [5.41, 5.74) is 5.91. The molecule has 4 aromatic rings. The van der Waals surface area contributed by atoms with Crippen LogP contribution in [0.1, 0.15) is 54.4 Å². The number of benzene rings is 2. The Morgan fingerprint density at radius 3 is 2.24 bits per heavy atom. The molecule has 13 heteroatoms. The van der Waals surface area contributed by atoms with Crippen LogP contribution in [0.5, 0.6) is 0 Å². The van der Waals surface area contributed by atoms with Gasteiger partial charge in [-0.15, -0.1) is 0 Å². The molecule has 2 aromatic carbocycles. The van der Waals surface area contributed by atoms with Crippen LogP contribution in [0.4, 0.5) is 17.3 Å². The molecule has 7 rings (SSSR count). The summed E-state index contributed by atoms with van der Waals surface area (Å²) in [7, 11) is 0. The van der Waals surface area contributed by atoms with Gasteiger partial charge in [-0.3, -0.25) is 23.9 Å². The molecule has 2 aromatic heterocycles. The Kier molecular flexibility index (Phi) is 7.13. The Bertz CT molecular complexity index is 1850. The number of rotatable bonds is 8. The lowest BCUT2D eigenvalue weighted by Gasteiger charge is -2.27. The van der Waals surface area contributed by atoms with Crippen LogP contribution >= 0.6 is 45.8 Å². The van der Waals surface area contributed by atoms with E-state index in [4.69, 9.17) is 28.9 Å². The maximum Gasteiger partial charge on any atom is 0.270 e. The molecular weight excluding hydrogens is 728 g/mol. The zero-order valence-electron chi connectivity index (χ0n) is 24.1. The number of carbonyl (C=O) groups is 3. The smallest absolute Gasteiger partial charge is 0.270 e. The molecular formula is C32H28Cl2IN7O3. The second-order valence-corrected chi connectivity index (χ2v) is 14.3. The second-order valence-electron chi connectivity index (χ2n) is 12.2. The lowest BCUT2D eigenvalue weighted by molar-refractivity contribution is -0.125. The van der Waals surface area contributed by atoms with E-state index in [1.54, 1.807) is 48.0 Å². The van der Waals surface area contributed by atoms with Crippen molar-refractivity contribution >= 4 is 80.8 Å². The molecule has 2 fully saturated rings. The number of anilines is 3. The molecule has 3 heterocycles. The molecule has 10 nitrogen and oxygen atoms in total. The number of nitrogen functional groups attached to an aromatic ring is 1. The van der Waals surface area contributed by atoms with Gasteiger partial charge in [0.25, 0.3) is 11.8 Å². The average molecular weight is 756 g/mol. The number of carbonyl (C=O) groups excluding carboxylic acids is 3. The molecule has 230 valence electrons. The Morgan fingerprint density at radius 2 is 1.64 bits per heavy atom. The Balaban J connectivity index is 1.21. The Labute approximate surface area is 282 Å². The van der Waals surface area contributed by atoms with Crippen LogP contribution in [-0.2, 0) is 27.1 Å². The molecule has 0 unspecified atom stereocenters. The van der Waals surface area contributed by atoms with E-state index in [0.717, 1.165) is 27.7 Å². The van der Waals surface area contributed by atoms with Crippen LogP contribution in [-0.4, -0.2) is 37.8 Å². The van der Waals surface area contributed by atoms with Crippen LogP contribution < -0.4 is 21.3 Å². The predicted molar refractivity (Wildman–Crippen MR) is 179 cm³/mol. The highest BCUT2D eigenvalue weighted by Crippen LogP contribution is 2.47. The van der Waals surface area contributed by atoms with Crippen molar-refractivity contribution < 1.29 is 14.4 Å². The highest BCUT2D eigenvalue weighted by Gasteiger charge is 2.57. The number of imidazole rings is 1. The van der Waals surface area contributed by atoms with Crippen molar-refractivity contribution in [3.63, 3.8) is 0 Å². The van der Waals surface area contributed by atoms with Crippen LogP contribution in [0.3, 0.4) is 0 Å². The van der Waals surface area contributed by atoms with Crippen molar-refractivity contribution in [1.29, 1.82) is 0 Å². The summed E-state index contributed by atoms with van der Waals surface area (Å²) in [6.45, 7) is 1.77. The fraction of sp³-hybridized carbons (Fsp3) is 0.281. The lowest BCUT2D eigenvalue weighted by atomic mass is 9.91. The predicted octanol–water partition coefficient (Wildman–Crippen LogP) is 5.48. The van der Waals surface area contributed by atoms with Gasteiger partial charge in [0.1, 0.15) is 16.8 Å². The normalized spacial score (nSPS) is 20.4. The number of amides is 3. The number of nitrogens with zero attached hydrogens (tertiary/aromatic N) is 4. The van der Waals surface area contributed by atoms with Crippen molar-refractivity contribution in [2.24, 2.45) is 0 Å². The molecule has 45 heavy (non-hydrogen) atoms. The number of hydrogen-bond acceptors (Lipinski definition) is 6. The molecule has 0 bridgehead atoms. The molecule has 1 aliphatic heterocycles. The SMILES string of the molecule is C[C@@]1(Cc2ccc(N)cc2)C(=O)N(c2cc(Cl)cc(Cl)c2)c2ncc(C(=O)NC3(C(=O)NC4(c5ccc(I)cn5)CC4)CC3)n21. The fourth-order valence-corrected chi connectivity index (χ4v) is 6.88. The van der Waals surface area contributed by atoms with E-state index in [9.17, 15) is 14.4 Å². The van der Waals surface area contributed by atoms with Gasteiger partial charge in [0.05, 0.1) is 23.1 Å². The first-order valence-electron chi connectivity index (χ1n) is 14.4. The van der Waals surface area contributed by atoms with Gasteiger partial charge in [-0.1, -0.05) is 35.3 Å². The lowest BCUT2D eigenvalue weighted by Crippen LogP contribution is -2.52. The van der Waals surface area contributed by atoms with Gasteiger partial charge in [0.2, 0.25) is 11.9 Å². The first kappa shape index (κ1) is 30.0. The number of nitrogens with two attached hydrogens (primary N) is 1. The van der Waals surface area contributed by atoms with Gasteiger partial charge < -0.3 is 16.4 Å². The third-order valence-electron chi connectivity index (χ3n) is 8.82. The topological polar surface area (TPSA) is 135 Å². The summed E-state index contributed by atoms with van der Waals surface area (Å²) in [6.07, 6.45) is 6.01. The van der Waals surface area contributed by atoms with Crippen molar-refractivity contribution in [2.45, 2.75) is 55.6 Å². The first-order valence-corrected chi connectivity index (χ1v) is 16.3. The number of halogens is 3. The number of fused-ring (bicyclic) bond motifs is 1. The van der Waals surface area contributed by atoms with E-state index in [2.05, 4.69) is 43.2 Å². The van der Waals surface area contributed by atoms with Crippen molar-refractivity contribution in [3.8, 4) is 0 Å². The van der Waals surface area contributed by atoms with E-state index >= 15 is 0 Å². The molecule has 2 saturated carbocycles. The van der Waals surface area contributed by atoms with Gasteiger partial charge in [0, 0.05) is 31.9 Å². The first-order chi connectivity index (χ1) is 21.4. The third kappa shape index (κ3) is 5.24. The largest absolute Gasteiger partial charge is 0.399 e. The van der Waals surface area contributed by atoms with Crippen LogP contribution in [0, 0.1) is 3.57 Å². The standard InChI is InChI=1S/C32H28Cl2IN7O3/c1-30(15-18-2-5-22(36)6-3-18)28(45)41(23-13-19(33)12-20(34)14-23)29-38-17-24(42(29)30)26(43)39-32(10-11-32)27(44)40-31(8-9-31)25-7-4-21(35)16-37-25/h2-7,12-14,16-17H,8-11,15,36H2,1H3,(H,39,43)(H,40,44)/t30-/m1/s1. The average Bonchev–Trinajstić information content (AvgIpc) is 3.89. The van der Waals surface area contributed by atoms with Crippen molar-refractivity contribution in [1.82, 2.24) is 25.2 Å². The van der Waals surface area contributed by atoms with E-state index in [-0.39, 0.29) is 29.9 Å². The van der Waals surface area contributed by atoms with E-state index < -0.39 is 22.5 Å². The molecule has 4 N–H and O–H groups in total. The monoisotopic (exact) mass is 755 g/mol. The molecule has 2 aliphatic carbocycles. The number of pyridine rings is 1. The molecule has 0 spiro atoms. The van der Waals surface area contributed by atoms with E-state index in [0.29, 0.717) is 34.3 Å². The maximum absolute atomic E-state index is 14.3. The molecule has 1 atom stereocenters. The quantitative estimate of drug-likeness (QED) is 0.161. The minimum absolute atomic E-state index is 0.159. The van der Waals surface area contributed by atoms with Crippen molar-refractivity contribution in [2.75, 3.05) is 10.6 Å². The minimum Gasteiger partial charge on any atom is -0.399 e. The van der Waals surface area contributed by atoms with Gasteiger partial charge in [-0.2, -0.15) is 0 Å². The fourth-order valence-electron chi connectivity index (χ4n) is 6.04. The van der Waals surface area contributed by atoms with E-state index in [1.807, 2.05) is 24.3 Å². The molecule has 0 saturated heterocycles. The Hall–Kier alpha value is -3.68. The summed E-state index contributed by atoms with van der Waals surface area (Å²) >= 11 is 14.8. The van der Waals surface area contributed by atoms with Crippen LogP contribution in [0.2, 0.25) is 10.0 Å². The molecule has 0 radical (unpaired) electrons. The zero-order valence-corrected chi connectivity index (χ0v) is 27.8. The summed E-state index contributed by atoms with van der Waals surface area (Å²) in [4.78, 5) is 52.4. The maximum atomic E-state index is 14.3. The highest BCUT2D eigenvalue weighted by molar-refractivity contribution is 14.1. The minimum atomic E-state index is -1.25. The van der Waals surface area contributed by atoms with E-state index in [1.165, 1.54) is 11.1 Å². The summed E-state index contributed by atoms with van der Waals surface area (Å²) in [6, 6.07) is 16.0.